The number of hydrogen-bond donors (Lipinski definition) is 1. The van der Waals surface area contributed by atoms with Crippen LogP contribution in [-0.4, -0.2) is 43.6 Å². The van der Waals surface area contributed by atoms with E-state index in [1.54, 1.807) is 0 Å². The molecule has 156 valence electrons. The Labute approximate surface area is 175 Å². The van der Waals surface area contributed by atoms with E-state index in [-0.39, 0.29) is 17.4 Å². The number of hydrogen-bond acceptors (Lipinski definition) is 3. The number of benzene rings is 2. The number of rotatable bonds is 7. The van der Waals surface area contributed by atoms with Crippen molar-refractivity contribution in [2.75, 3.05) is 32.8 Å². The molecule has 2 aromatic rings. The molecule has 0 radical (unpaired) electrons. The monoisotopic (exact) mass is 394 g/mol. The van der Waals surface area contributed by atoms with Gasteiger partial charge in [-0.1, -0.05) is 63.2 Å². The highest BCUT2D eigenvalue weighted by molar-refractivity contribution is 5.94. The summed E-state index contributed by atoms with van der Waals surface area (Å²) < 4.78 is 5.93. The van der Waals surface area contributed by atoms with Crippen LogP contribution in [0.15, 0.2) is 54.6 Å². The fourth-order valence-corrected chi connectivity index (χ4v) is 3.66. The first-order valence-electron chi connectivity index (χ1n) is 10.7. The van der Waals surface area contributed by atoms with Gasteiger partial charge < -0.3 is 10.1 Å². The maximum atomic E-state index is 12.3. The molecule has 4 nitrogen and oxygen atoms in total. The quantitative estimate of drug-likeness (QED) is 0.700. The van der Waals surface area contributed by atoms with Gasteiger partial charge in [-0.3, -0.25) is 9.69 Å². The predicted octanol–water partition coefficient (Wildman–Crippen LogP) is 4.57. The summed E-state index contributed by atoms with van der Waals surface area (Å²) in [5.41, 5.74) is 3.33. The van der Waals surface area contributed by atoms with Crippen LogP contribution < -0.4 is 5.32 Å². The molecule has 1 heterocycles. The molecule has 1 N–H and O–H groups in total. The molecule has 0 bridgehead atoms. The van der Waals surface area contributed by atoms with Crippen LogP contribution >= 0.6 is 0 Å². The van der Waals surface area contributed by atoms with Crippen LogP contribution in [0.5, 0.6) is 0 Å². The normalized spacial score (nSPS) is 17.8. The maximum absolute atomic E-state index is 12.3. The van der Waals surface area contributed by atoms with Crippen LogP contribution in [0.4, 0.5) is 0 Å². The highest BCUT2D eigenvalue weighted by Gasteiger charge is 2.21. The van der Waals surface area contributed by atoms with E-state index < -0.39 is 0 Å². The number of morpholine rings is 1. The molecule has 1 amide bonds. The molecule has 1 saturated heterocycles. The summed E-state index contributed by atoms with van der Waals surface area (Å²) in [6.07, 6.45) is 2.23. The van der Waals surface area contributed by atoms with Crippen LogP contribution in [0.3, 0.4) is 0 Å². The van der Waals surface area contributed by atoms with Crippen molar-refractivity contribution < 1.29 is 9.53 Å². The Balaban J connectivity index is 1.36. The van der Waals surface area contributed by atoms with Gasteiger partial charge in [0, 0.05) is 25.2 Å². The lowest BCUT2D eigenvalue weighted by atomic mass is 9.87. The molecule has 2 aromatic carbocycles. The minimum absolute atomic E-state index is 0.0148. The first kappa shape index (κ1) is 21.5. The molecule has 1 unspecified atom stereocenters. The lowest BCUT2D eigenvalue weighted by molar-refractivity contribution is -0.0303. The Morgan fingerprint density at radius 2 is 1.79 bits per heavy atom. The molecule has 4 heteroatoms. The van der Waals surface area contributed by atoms with Crippen molar-refractivity contribution in [1.82, 2.24) is 10.2 Å². The van der Waals surface area contributed by atoms with Crippen molar-refractivity contribution in [3.8, 4) is 0 Å². The van der Waals surface area contributed by atoms with Gasteiger partial charge in [0.25, 0.3) is 5.91 Å². The van der Waals surface area contributed by atoms with Crippen molar-refractivity contribution >= 4 is 5.91 Å². The summed E-state index contributed by atoms with van der Waals surface area (Å²) >= 11 is 0. The molecule has 1 atom stereocenters. The highest BCUT2D eigenvalue weighted by Crippen LogP contribution is 2.23. The molecule has 1 fully saturated rings. The minimum atomic E-state index is 0.0148. The Bertz CT molecular complexity index is 766. The van der Waals surface area contributed by atoms with Gasteiger partial charge in [-0.2, -0.15) is 0 Å². The van der Waals surface area contributed by atoms with E-state index >= 15 is 0 Å². The molecular weight excluding hydrogens is 360 g/mol. The Hall–Kier alpha value is -2.17. The van der Waals surface area contributed by atoms with E-state index in [0.717, 1.165) is 44.6 Å². The van der Waals surface area contributed by atoms with Crippen LogP contribution in [0.2, 0.25) is 0 Å². The summed E-state index contributed by atoms with van der Waals surface area (Å²) in [4.78, 5) is 14.8. The lowest BCUT2D eigenvalue weighted by Crippen LogP contribution is -2.39. The predicted molar refractivity (Wildman–Crippen MR) is 118 cm³/mol. The first-order valence-corrected chi connectivity index (χ1v) is 10.7. The van der Waals surface area contributed by atoms with Gasteiger partial charge in [0.1, 0.15) is 0 Å². The first-order chi connectivity index (χ1) is 13.9. The molecule has 0 spiro atoms. The lowest BCUT2D eigenvalue weighted by Gasteiger charge is -2.33. The standard InChI is InChI=1S/C25H34N2O2/c1-25(2,3)22-13-11-21(12-14-22)24(28)26-15-7-8-16-27-17-18-29-23(19-27)20-9-5-4-6-10-20/h4-6,9-14,23H,7-8,15-19H2,1-3H3,(H,26,28). The second-order valence-electron chi connectivity index (χ2n) is 8.86. The Morgan fingerprint density at radius 3 is 2.48 bits per heavy atom. The summed E-state index contributed by atoms with van der Waals surface area (Å²) in [6.45, 7) is 11.0. The highest BCUT2D eigenvalue weighted by atomic mass is 16.5. The number of carbonyl (C=O) groups excluding carboxylic acids is 1. The molecule has 0 aliphatic carbocycles. The van der Waals surface area contributed by atoms with Crippen molar-refractivity contribution in [3.05, 3.63) is 71.3 Å². The minimum Gasteiger partial charge on any atom is -0.371 e. The third kappa shape index (κ3) is 6.41. The van der Waals surface area contributed by atoms with Crippen molar-refractivity contribution in [1.29, 1.82) is 0 Å². The van der Waals surface area contributed by atoms with E-state index in [2.05, 4.69) is 67.4 Å². The van der Waals surface area contributed by atoms with Gasteiger partial charge in [0.05, 0.1) is 12.7 Å². The Morgan fingerprint density at radius 1 is 1.07 bits per heavy atom. The van der Waals surface area contributed by atoms with E-state index in [0.29, 0.717) is 6.54 Å². The van der Waals surface area contributed by atoms with E-state index in [9.17, 15) is 4.79 Å². The largest absolute Gasteiger partial charge is 0.371 e. The van der Waals surface area contributed by atoms with Crippen LogP contribution in [-0.2, 0) is 10.2 Å². The number of nitrogens with one attached hydrogen (secondary N) is 1. The van der Waals surface area contributed by atoms with Crippen LogP contribution in [0.1, 0.15) is 61.2 Å². The zero-order valence-electron chi connectivity index (χ0n) is 18.0. The number of ether oxygens (including phenoxy) is 1. The molecule has 0 aromatic heterocycles. The maximum Gasteiger partial charge on any atom is 0.251 e. The summed E-state index contributed by atoms with van der Waals surface area (Å²) in [5.74, 6) is 0.0148. The van der Waals surface area contributed by atoms with Crippen LogP contribution in [0, 0.1) is 0 Å². The van der Waals surface area contributed by atoms with Gasteiger partial charge >= 0.3 is 0 Å². The second-order valence-corrected chi connectivity index (χ2v) is 8.86. The van der Waals surface area contributed by atoms with E-state index in [1.807, 2.05) is 18.2 Å². The third-order valence-corrected chi connectivity index (χ3v) is 5.52. The van der Waals surface area contributed by atoms with E-state index in [4.69, 9.17) is 4.74 Å². The molecule has 3 rings (SSSR count). The second kappa shape index (κ2) is 10.0. The van der Waals surface area contributed by atoms with Gasteiger partial charge in [0.2, 0.25) is 0 Å². The summed E-state index contributed by atoms with van der Waals surface area (Å²) in [5, 5.41) is 3.05. The Kier molecular flexibility index (Phi) is 7.45. The zero-order valence-corrected chi connectivity index (χ0v) is 18.0. The topological polar surface area (TPSA) is 41.6 Å². The molecule has 1 aliphatic rings. The molecule has 0 saturated carbocycles. The smallest absolute Gasteiger partial charge is 0.251 e. The fraction of sp³-hybridized carbons (Fsp3) is 0.480. The molecular formula is C25H34N2O2. The average molecular weight is 395 g/mol. The molecule has 29 heavy (non-hydrogen) atoms. The van der Waals surface area contributed by atoms with Crippen molar-refractivity contribution in [2.24, 2.45) is 0 Å². The molecule has 1 aliphatic heterocycles. The zero-order chi connectivity index (χ0) is 20.7. The van der Waals surface area contributed by atoms with Gasteiger partial charge in [-0.05, 0) is 48.1 Å². The summed E-state index contributed by atoms with van der Waals surface area (Å²) in [7, 11) is 0. The fourth-order valence-electron chi connectivity index (χ4n) is 3.66. The van der Waals surface area contributed by atoms with Crippen LogP contribution in [0.25, 0.3) is 0 Å². The number of amides is 1. The van der Waals surface area contributed by atoms with Gasteiger partial charge in [0.15, 0.2) is 0 Å². The number of unbranched alkanes of at least 4 members (excludes halogenated alkanes) is 1. The van der Waals surface area contributed by atoms with Crippen molar-refractivity contribution in [2.45, 2.75) is 45.1 Å². The van der Waals surface area contributed by atoms with Gasteiger partial charge in [-0.25, -0.2) is 0 Å². The summed E-state index contributed by atoms with van der Waals surface area (Å²) in [6, 6.07) is 18.4. The van der Waals surface area contributed by atoms with Gasteiger partial charge in [-0.15, -0.1) is 0 Å². The SMILES string of the molecule is CC(C)(C)c1ccc(C(=O)NCCCCN2CCOC(c3ccccc3)C2)cc1. The number of nitrogens with zero attached hydrogens (tertiary/aromatic N) is 1. The van der Waals surface area contributed by atoms with Crippen molar-refractivity contribution in [3.63, 3.8) is 0 Å². The third-order valence-electron chi connectivity index (χ3n) is 5.52. The number of carbonyl (C=O) groups is 1. The van der Waals surface area contributed by atoms with E-state index in [1.165, 1.54) is 11.1 Å². The average Bonchev–Trinajstić information content (AvgIpc) is 2.74.